The summed E-state index contributed by atoms with van der Waals surface area (Å²) >= 11 is 0. The molecule has 0 saturated carbocycles. The van der Waals surface area contributed by atoms with Crippen molar-refractivity contribution < 1.29 is 9.59 Å². The minimum atomic E-state index is 0.0173. The molecule has 0 aliphatic heterocycles. The van der Waals surface area contributed by atoms with E-state index in [1.54, 1.807) is 13.1 Å². The van der Waals surface area contributed by atoms with E-state index in [0.29, 0.717) is 12.8 Å². The summed E-state index contributed by atoms with van der Waals surface area (Å²) in [5.74, 6) is 0.255. The van der Waals surface area contributed by atoms with Crippen LogP contribution in [-0.2, 0) is 9.59 Å². The molecule has 1 amide bonds. The molecule has 1 N–H and O–H groups in total. The first-order valence-corrected chi connectivity index (χ1v) is 7.79. The fourth-order valence-corrected chi connectivity index (χ4v) is 2.38. The summed E-state index contributed by atoms with van der Waals surface area (Å²) in [5, 5.41) is 3.91. The molecular formula is C18H22N2O2. The number of benzene rings is 1. The molecule has 0 fully saturated rings. The van der Waals surface area contributed by atoms with Gasteiger partial charge in [-0.3, -0.25) is 9.78 Å². The molecular weight excluding hydrogens is 276 g/mol. The molecule has 116 valence electrons. The third kappa shape index (κ3) is 5.28. The van der Waals surface area contributed by atoms with Crippen LogP contribution < -0.4 is 5.32 Å². The molecule has 0 spiro atoms. The maximum Gasteiger partial charge on any atom is 0.224 e. The van der Waals surface area contributed by atoms with Gasteiger partial charge in [-0.25, -0.2) is 0 Å². The number of Topliss-reactive ketones (excluding diaryl/α,β-unsaturated/α-hetero) is 1. The number of hydrogen-bond acceptors (Lipinski definition) is 3. The average Bonchev–Trinajstić information content (AvgIpc) is 2.50. The van der Waals surface area contributed by atoms with Crippen molar-refractivity contribution >= 4 is 28.3 Å². The standard InChI is InChI=1S/C18H22N2O2/c1-14(21)8-4-2-3-5-11-18(22)20-16-12-15-9-6-7-10-17(15)19-13-16/h6-7,9-10,12-13H,2-5,8,11H2,1H3,(H,20,22). The van der Waals surface area contributed by atoms with Crippen molar-refractivity contribution in [3.63, 3.8) is 0 Å². The summed E-state index contributed by atoms with van der Waals surface area (Å²) in [6, 6.07) is 9.76. The van der Waals surface area contributed by atoms with Gasteiger partial charge in [0.25, 0.3) is 0 Å². The van der Waals surface area contributed by atoms with Crippen molar-refractivity contribution in [1.29, 1.82) is 0 Å². The number of rotatable bonds is 8. The Balaban J connectivity index is 1.73. The summed E-state index contributed by atoms with van der Waals surface area (Å²) in [5.41, 5.74) is 1.66. The maximum absolute atomic E-state index is 11.9. The van der Waals surface area contributed by atoms with Gasteiger partial charge in [-0.15, -0.1) is 0 Å². The van der Waals surface area contributed by atoms with Crippen LogP contribution in [0.25, 0.3) is 10.9 Å². The number of nitrogens with zero attached hydrogens (tertiary/aromatic N) is 1. The molecule has 0 saturated heterocycles. The lowest BCUT2D eigenvalue weighted by molar-refractivity contribution is -0.117. The number of aromatic nitrogens is 1. The van der Waals surface area contributed by atoms with Crippen molar-refractivity contribution in [1.82, 2.24) is 4.98 Å². The third-order valence-corrected chi connectivity index (χ3v) is 3.56. The van der Waals surface area contributed by atoms with Crippen LogP contribution in [0.5, 0.6) is 0 Å². The topological polar surface area (TPSA) is 59.1 Å². The molecule has 22 heavy (non-hydrogen) atoms. The molecule has 0 radical (unpaired) electrons. The number of anilines is 1. The molecule has 4 heteroatoms. The first-order valence-electron chi connectivity index (χ1n) is 7.79. The fraction of sp³-hybridized carbons (Fsp3) is 0.389. The Morgan fingerprint density at radius 3 is 2.55 bits per heavy atom. The van der Waals surface area contributed by atoms with Crippen LogP contribution in [0, 0.1) is 0 Å². The Morgan fingerprint density at radius 2 is 1.77 bits per heavy atom. The lowest BCUT2D eigenvalue weighted by atomic mass is 10.1. The minimum absolute atomic E-state index is 0.0173. The number of ketones is 1. The van der Waals surface area contributed by atoms with E-state index < -0.39 is 0 Å². The van der Waals surface area contributed by atoms with E-state index >= 15 is 0 Å². The zero-order valence-electron chi connectivity index (χ0n) is 13.0. The predicted octanol–water partition coefficient (Wildman–Crippen LogP) is 4.10. The number of carbonyl (C=O) groups excluding carboxylic acids is 2. The van der Waals surface area contributed by atoms with Gasteiger partial charge in [0.1, 0.15) is 5.78 Å². The monoisotopic (exact) mass is 298 g/mol. The summed E-state index contributed by atoms with van der Waals surface area (Å²) < 4.78 is 0. The van der Waals surface area contributed by atoms with Gasteiger partial charge in [0.2, 0.25) is 5.91 Å². The molecule has 0 atom stereocenters. The Labute approximate surface area is 130 Å². The van der Waals surface area contributed by atoms with E-state index in [1.807, 2.05) is 30.3 Å². The molecule has 0 aliphatic carbocycles. The van der Waals surface area contributed by atoms with E-state index in [0.717, 1.165) is 42.3 Å². The largest absolute Gasteiger partial charge is 0.325 e. The quantitative estimate of drug-likeness (QED) is 0.746. The van der Waals surface area contributed by atoms with Crippen LogP contribution in [0.1, 0.15) is 45.4 Å². The zero-order chi connectivity index (χ0) is 15.8. The van der Waals surface area contributed by atoms with Gasteiger partial charge in [0.15, 0.2) is 0 Å². The first-order chi connectivity index (χ1) is 10.6. The second-order valence-corrected chi connectivity index (χ2v) is 5.58. The Morgan fingerprint density at radius 1 is 1.05 bits per heavy atom. The maximum atomic E-state index is 11.9. The molecule has 1 heterocycles. The molecule has 4 nitrogen and oxygen atoms in total. The second kappa shape index (κ2) is 8.27. The van der Waals surface area contributed by atoms with Crippen molar-refractivity contribution in [2.75, 3.05) is 5.32 Å². The van der Waals surface area contributed by atoms with Gasteiger partial charge < -0.3 is 10.1 Å². The predicted molar refractivity (Wildman–Crippen MR) is 88.8 cm³/mol. The Kier molecular flexibility index (Phi) is 6.07. The van der Waals surface area contributed by atoms with E-state index in [4.69, 9.17) is 0 Å². The Hall–Kier alpha value is -2.23. The third-order valence-electron chi connectivity index (χ3n) is 3.56. The summed E-state index contributed by atoms with van der Waals surface area (Å²) in [6.07, 6.45) is 6.60. The molecule has 0 bridgehead atoms. The number of para-hydroxylation sites is 1. The van der Waals surface area contributed by atoms with Gasteiger partial charge in [-0.05, 0) is 31.9 Å². The van der Waals surface area contributed by atoms with Crippen molar-refractivity contribution in [3.8, 4) is 0 Å². The molecule has 0 aliphatic rings. The van der Waals surface area contributed by atoms with Crippen LogP contribution in [0.3, 0.4) is 0 Å². The van der Waals surface area contributed by atoms with E-state index in [2.05, 4.69) is 10.3 Å². The van der Waals surface area contributed by atoms with Crippen LogP contribution in [0.15, 0.2) is 36.5 Å². The number of nitrogens with one attached hydrogen (secondary N) is 1. The van der Waals surface area contributed by atoms with Crippen LogP contribution in [0.2, 0.25) is 0 Å². The molecule has 2 aromatic rings. The molecule has 1 aromatic heterocycles. The minimum Gasteiger partial charge on any atom is -0.325 e. The van der Waals surface area contributed by atoms with E-state index in [9.17, 15) is 9.59 Å². The summed E-state index contributed by atoms with van der Waals surface area (Å²) in [7, 11) is 0. The molecule has 1 aromatic carbocycles. The lowest BCUT2D eigenvalue weighted by Gasteiger charge is -2.06. The van der Waals surface area contributed by atoms with Crippen molar-refractivity contribution in [3.05, 3.63) is 36.5 Å². The van der Waals surface area contributed by atoms with Gasteiger partial charge in [0, 0.05) is 18.2 Å². The average molecular weight is 298 g/mol. The van der Waals surface area contributed by atoms with Crippen molar-refractivity contribution in [2.24, 2.45) is 0 Å². The number of hydrogen-bond donors (Lipinski definition) is 1. The molecule has 2 rings (SSSR count). The number of unbranched alkanes of at least 4 members (excludes halogenated alkanes) is 3. The fourth-order valence-electron chi connectivity index (χ4n) is 2.38. The smallest absolute Gasteiger partial charge is 0.224 e. The van der Waals surface area contributed by atoms with Crippen molar-refractivity contribution in [2.45, 2.75) is 45.4 Å². The number of amides is 1. The van der Waals surface area contributed by atoms with Gasteiger partial charge in [-0.1, -0.05) is 31.0 Å². The SMILES string of the molecule is CC(=O)CCCCCCC(=O)Nc1cnc2ccccc2c1. The van der Waals surface area contributed by atoms with E-state index in [1.165, 1.54) is 0 Å². The van der Waals surface area contributed by atoms with Crippen LogP contribution >= 0.6 is 0 Å². The zero-order valence-corrected chi connectivity index (χ0v) is 13.0. The van der Waals surface area contributed by atoms with Crippen LogP contribution in [-0.4, -0.2) is 16.7 Å². The molecule has 0 unspecified atom stereocenters. The Bertz CT molecular complexity index is 652. The number of fused-ring (bicyclic) bond motifs is 1. The van der Waals surface area contributed by atoms with Gasteiger partial charge in [0.05, 0.1) is 17.4 Å². The second-order valence-electron chi connectivity index (χ2n) is 5.58. The summed E-state index contributed by atoms with van der Waals surface area (Å²) in [6.45, 7) is 1.62. The highest BCUT2D eigenvalue weighted by molar-refractivity contribution is 5.93. The number of carbonyl (C=O) groups is 2. The number of pyridine rings is 1. The summed E-state index contributed by atoms with van der Waals surface area (Å²) in [4.78, 5) is 27.0. The van der Waals surface area contributed by atoms with Crippen LogP contribution in [0.4, 0.5) is 5.69 Å². The normalized spacial score (nSPS) is 10.6. The lowest BCUT2D eigenvalue weighted by Crippen LogP contribution is -2.11. The van der Waals surface area contributed by atoms with Gasteiger partial charge in [-0.2, -0.15) is 0 Å². The first kappa shape index (κ1) is 16.1. The highest BCUT2D eigenvalue weighted by Crippen LogP contribution is 2.16. The highest BCUT2D eigenvalue weighted by atomic mass is 16.1. The van der Waals surface area contributed by atoms with Gasteiger partial charge >= 0.3 is 0 Å². The highest BCUT2D eigenvalue weighted by Gasteiger charge is 2.04. The van der Waals surface area contributed by atoms with E-state index in [-0.39, 0.29) is 11.7 Å².